The molecule has 1 atom stereocenters. The van der Waals surface area contributed by atoms with Crippen molar-refractivity contribution in [1.82, 2.24) is 4.31 Å². The third kappa shape index (κ3) is 5.74. The van der Waals surface area contributed by atoms with E-state index in [0.29, 0.717) is 30.8 Å². The number of sulfonamides is 1. The first kappa shape index (κ1) is 23.5. The number of piperidine rings is 1. The summed E-state index contributed by atoms with van der Waals surface area (Å²) in [5.74, 6) is -0.610. The number of hydrogen-bond donors (Lipinski definition) is 2. The minimum atomic E-state index is -3.76. The lowest BCUT2D eigenvalue weighted by Gasteiger charge is -2.31. The first-order valence-electron chi connectivity index (χ1n) is 9.73. The minimum absolute atomic E-state index is 0.109. The predicted octanol–water partition coefficient (Wildman–Crippen LogP) is 3.82. The first-order chi connectivity index (χ1) is 14.7. The number of rotatable bonds is 5. The number of carbonyl (C=O) groups excluding carboxylic acids is 2. The van der Waals surface area contributed by atoms with E-state index in [1.54, 1.807) is 0 Å². The van der Waals surface area contributed by atoms with Gasteiger partial charge in [0.25, 0.3) is 0 Å². The molecule has 2 aromatic carbocycles. The predicted molar refractivity (Wildman–Crippen MR) is 126 cm³/mol. The van der Waals surface area contributed by atoms with Crippen LogP contribution in [0, 0.1) is 16.4 Å². The number of nitrogens with zero attached hydrogens (tertiary/aromatic N) is 1. The van der Waals surface area contributed by atoms with Gasteiger partial charge in [0.2, 0.25) is 15.9 Å². The van der Waals surface area contributed by atoms with E-state index in [9.17, 15) is 18.0 Å². The second-order valence-electron chi connectivity index (χ2n) is 7.30. The van der Waals surface area contributed by atoms with E-state index in [-0.39, 0.29) is 17.3 Å². The number of hydrogen-bond acceptors (Lipinski definition) is 5. The fraction of sp³-hybridized carbons (Fsp3) is 0.333. The Labute approximate surface area is 195 Å². The lowest BCUT2D eigenvalue weighted by atomic mass is 9.98. The van der Waals surface area contributed by atoms with Gasteiger partial charge in [0.1, 0.15) is 0 Å². The van der Waals surface area contributed by atoms with Crippen molar-refractivity contribution in [1.29, 1.82) is 0 Å². The summed E-state index contributed by atoms with van der Waals surface area (Å²) in [6.45, 7) is 2.45. The lowest BCUT2D eigenvalue weighted by Crippen LogP contribution is -2.43. The van der Waals surface area contributed by atoms with Gasteiger partial charge in [-0.3, -0.25) is 10.1 Å². The number of aryl methyl sites for hydroxylation is 1. The molecule has 2 aromatic rings. The van der Waals surface area contributed by atoms with E-state index in [4.69, 9.17) is 0 Å². The van der Waals surface area contributed by atoms with E-state index < -0.39 is 22.0 Å². The molecule has 0 radical (unpaired) electrons. The molecule has 31 heavy (non-hydrogen) atoms. The molecule has 1 heterocycles. The van der Waals surface area contributed by atoms with Crippen molar-refractivity contribution >= 4 is 56.0 Å². The molecule has 0 aliphatic carbocycles. The molecule has 0 unspecified atom stereocenters. The van der Waals surface area contributed by atoms with Crippen molar-refractivity contribution in [2.24, 2.45) is 5.92 Å². The fourth-order valence-corrected chi connectivity index (χ4v) is 5.23. The highest BCUT2D eigenvalue weighted by Gasteiger charge is 2.33. The molecule has 0 bridgehead atoms. The Bertz CT molecular complexity index is 1070. The lowest BCUT2D eigenvalue weighted by molar-refractivity contribution is -0.120. The Morgan fingerprint density at radius 3 is 2.42 bits per heavy atom. The zero-order valence-corrected chi connectivity index (χ0v) is 20.2. The first-order valence-corrected chi connectivity index (χ1v) is 12.2. The molecule has 1 aliphatic rings. The van der Waals surface area contributed by atoms with Crippen molar-refractivity contribution in [2.45, 2.75) is 24.7 Å². The zero-order chi connectivity index (χ0) is 22.6. The van der Waals surface area contributed by atoms with Gasteiger partial charge in [-0.15, -0.1) is 0 Å². The highest BCUT2D eigenvalue weighted by atomic mass is 127. The fourth-order valence-electron chi connectivity index (χ4n) is 3.37. The summed E-state index contributed by atoms with van der Waals surface area (Å²) in [5.41, 5.74) is 2.20. The maximum absolute atomic E-state index is 13.1. The van der Waals surface area contributed by atoms with Gasteiger partial charge in [0, 0.05) is 28.0 Å². The Kier molecular flexibility index (Phi) is 7.55. The summed E-state index contributed by atoms with van der Waals surface area (Å²) in [6.07, 6.45) is 0.595. The van der Waals surface area contributed by atoms with E-state index in [0.717, 1.165) is 9.13 Å². The van der Waals surface area contributed by atoms with Crippen LogP contribution in [0.5, 0.6) is 0 Å². The molecule has 0 spiro atoms. The van der Waals surface area contributed by atoms with Crippen LogP contribution in [-0.4, -0.2) is 44.9 Å². The molecule has 2 N–H and O–H groups in total. The molecule has 1 aliphatic heterocycles. The van der Waals surface area contributed by atoms with E-state index in [2.05, 4.69) is 38.0 Å². The van der Waals surface area contributed by atoms with E-state index >= 15 is 0 Å². The highest BCUT2D eigenvalue weighted by Crippen LogP contribution is 2.26. The summed E-state index contributed by atoms with van der Waals surface area (Å²) in [4.78, 5) is 24.1. The topological polar surface area (TPSA) is 105 Å². The van der Waals surface area contributed by atoms with Crippen molar-refractivity contribution in [2.75, 3.05) is 30.8 Å². The van der Waals surface area contributed by atoms with E-state index in [1.165, 1.54) is 35.7 Å². The van der Waals surface area contributed by atoms with Crippen molar-refractivity contribution in [3.63, 3.8) is 0 Å². The molecule has 1 saturated heterocycles. The van der Waals surface area contributed by atoms with Crippen LogP contribution in [0.3, 0.4) is 0 Å². The number of amides is 2. The number of nitrogens with one attached hydrogen (secondary N) is 2. The van der Waals surface area contributed by atoms with Crippen LogP contribution in [0.15, 0.2) is 47.4 Å². The monoisotopic (exact) mass is 557 g/mol. The SMILES string of the molecule is COC(=O)Nc1ccc(S(=O)(=O)N2CCC[C@H](C(=O)Nc3ccc(I)c(C)c3)C2)cc1. The molecular weight excluding hydrogens is 533 g/mol. The number of benzene rings is 2. The number of methoxy groups -OCH3 is 1. The summed E-state index contributed by atoms with van der Waals surface area (Å²) in [7, 11) is -2.51. The molecular formula is C21H24IN3O5S. The average Bonchev–Trinajstić information content (AvgIpc) is 2.76. The second-order valence-corrected chi connectivity index (χ2v) is 10.4. The normalized spacial score (nSPS) is 17.1. The van der Waals surface area contributed by atoms with Gasteiger partial charge in [-0.25, -0.2) is 13.2 Å². The number of anilines is 2. The maximum Gasteiger partial charge on any atom is 0.411 e. The maximum atomic E-state index is 13.1. The molecule has 166 valence electrons. The van der Waals surface area contributed by atoms with Crippen LogP contribution in [-0.2, 0) is 19.6 Å². The van der Waals surface area contributed by atoms with Crippen LogP contribution < -0.4 is 10.6 Å². The van der Waals surface area contributed by atoms with Crippen molar-refractivity contribution in [3.8, 4) is 0 Å². The molecule has 8 nitrogen and oxygen atoms in total. The summed E-state index contributed by atoms with van der Waals surface area (Å²) in [5, 5.41) is 5.39. The third-order valence-electron chi connectivity index (χ3n) is 5.10. The number of carbonyl (C=O) groups is 2. The Morgan fingerprint density at radius 2 is 1.77 bits per heavy atom. The van der Waals surface area contributed by atoms with Gasteiger partial charge in [-0.2, -0.15) is 4.31 Å². The molecule has 3 rings (SSSR count). The van der Waals surface area contributed by atoms with Crippen LogP contribution >= 0.6 is 22.6 Å². The van der Waals surface area contributed by atoms with Gasteiger partial charge < -0.3 is 10.1 Å². The smallest absolute Gasteiger partial charge is 0.411 e. The second kappa shape index (κ2) is 9.96. The number of halogens is 1. The molecule has 0 aromatic heterocycles. The number of ether oxygens (including phenoxy) is 1. The average molecular weight is 557 g/mol. The Balaban J connectivity index is 1.69. The van der Waals surface area contributed by atoms with Crippen LogP contribution in [0.25, 0.3) is 0 Å². The Morgan fingerprint density at radius 1 is 1.10 bits per heavy atom. The molecule has 10 heteroatoms. The summed E-state index contributed by atoms with van der Waals surface area (Å²) >= 11 is 2.23. The summed E-state index contributed by atoms with van der Waals surface area (Å²) in [6, 6.07) is 11.5. The quantitative estimate of drug-likeness (QED) is 0.545. The molecule has 0 saturated carbocycles. The molecule has 1 fully saturated rings. The molecule has 2 amide bonds. The van der Waals surface area contributed by atoms with E-state index in [1.807, 2.05) is 25.1 Å². The van der Waals surface area contributed by atoms with Crippen molar-refractivity contribution < 1.29 is 22.7 Å². The van der Waals surface area contributed by atoms with Gasteiger partial charge in [-0.1, -0.05) is 0 Å². The Hall–Kier alpha value is -2.18. The van der Waals surface area contributed by atoms with Crippen molar-refractivity contribution in [3.05, 3.63) is 51.6 Å². The van der Waals surface area contributed by atoms with Crippen LogP contribution in [0.4, 0.5) is 16.2 Å². The zero-order valence-electron chi connectivity index (χ0n) is 17.2. The van der Waals surface area contributed by atoms with Gasteiger partial charge >= 0.3 is 6.09 Å². The van der Waals surface area contributed by atoms with Crippen LogP contribution in [0.1, 0.15) is 18.4 Å². The largest absolute Gasteiger partial charge is 0.453 e. The summed E-state index contributed by atoms with van der Waals surface area (Å²) < 4.78 is 33.1. The minimum Gasteiger partial charge on any atom is -0.453 e. The van der Waals surface area contributed by atoms with Crippen LogP contribution in [0.2, 0.25) is 0 Å². The standard InChI is InChI=1S/C21H24IN3O5S/c1-14-12-17(7-10-19(14)22)23-20(26)15-4-3-11-25(13-15)31(28,29)18-8-5-16(6-9-18)24-21(27)30-2/h5-10,12,15H,3-4,11,13H2,1-2H3,(H,23,26)(H,24,27)/t15-/m0/s1. The highest BCUT2D eigenvalue weighted by molar-refractivity contribution is 14.1. The van der Waals surface area contributed by atoms with Gasteiger partial charge in [0.15, 0.2) is 0 Å². The van der Waals surface area contributed by atoms with Gasteiger partial charge in [0.05, 0.1) is 17.9 Å². The third-order valence-corrected chi connectivity index (χ3v) is 8.19. The van der Waals surface area contributed by atoms with Gasteiger partial charge in [-0.05, 0) is 90.4 Å².